The zero-order chi connectivity index (χ0) is 9.30. The van der Waals surface area contributed by atoms with Crippen LogP contribution in [0.4, 0.5) is 0 Å². The van der Waals surface area contributed by atoms with Gasteiger partial charge in [-0.05, 0) is 0 Å². The summed E-state index contributed by atoms with van der Waals surface area (Å²) < 4.78 is 4.70. The molecule has 0 radical (unpaired) electrons. The van der Waals surface area contributed by atoms with Gasteiger partial charge in [0.2, 0.25) is 0 Å². The molecule has 1 heterocycles. The Balaban J connectivity index is 0.00000144. The number of rotatable bonds is 1. The maximum absolute atomic E-state index is 9.20. The molecule has 0 aromatic carbocycles. The molecular formula is C6H14INO5. The topological polar surface area (TPSA) is 116 Å². The van der Waals surface area contributed by atoms with Crippen LogP contribution in [-0.4, -0.2) is 57.7 Å². The second-order valence-electron chi connectivity index (χ2n) is 2.81. The van der Waals surface area contributed by atoms with Gasteiger partial charge in [-0.3, -0.25) is 0 Å². The maximum Gasteiger partial charge on any atom is 0.173 e. The van der Waals surface area contributed by atoms with E-state index in [1.165, 1.54) is 0 Å². The van der Waals surface area contributed by atoms with Gasteiger partial charge in [0, 0.05) is 0 Å². The molecule has 0 aromatic heterocycles. The average Bonchev–Trinajstić information content (AvgIpc) is 2.08. The van der Waals surface area contributed by atoms with Crippen LogP contribution in [0.15, 0.2) is 0 Å². The fourth-order valence-corrected chi connectivity index (χ4v) is 1.12. The molecule has 80 valence electrons. The summed E-state index contributed by atoms with van der Waals surface area (Å²) in [6, 6.07) is -1.04. The lowest BCUT2D eigenvalue weighted by atomic mass is 9.98. The molecular weight excluding hydrogens is 293 g/mol. The summed E-state index contributed by atoms with van der Waals surface area (Å²) in [6.07, 6.45) is -4.85. The van der Waals surface area contributed by atoms with Gasteiger partial charge in [-0.25, -0.2) is 0 Å². The van der Waals surface area contributed by atoms with Crippen LogP contribution >= 0.6 is 24.0 Å². The van der Waals surface area contributed by atoms with E-state index in [4.69, 9.17) is 20.7 Å². The smallest absolute Gasteiger partial charge is 0.173 e. The van der Waals surface area contributed by atoms with Crippen LogP contribution in [0.2, 0.25) is 0 Å². The quantitative estimate of drug-likeness (QED) is 0.338. The molecule has 1 fully saturated rings. The third kappa shape index (κ3) is 2.72. The molecule has 0 bridgehead atoms. The van der Waals surface area contributed by atoms with Crippen LogP contribution in [0, 0.1) is 0 Å². The second-order valence-corrected chi connectivity index (χ2v) is 2.81. The van der Waals surface area contributed by atoms with E-state index in [1.54, 1.807) is 0 Å². The first-order valence-corrected chi connectivity index (χ1v) is 3.64. The van der Waals surface area contributed by atoms with E-state index in [1.807, 2.05) is 0 Å². The van der Waals surface area contributed by atoms with Crippen LogP contribution < -0.4 is 5.73 Å². The molecule has 1 saturated heterocycles. The van der Waals surface area contributed by atoms with E-state index in [0.29, 0.717) is 0 Å². The normalized spacial score (nSPS) is 45.5. The molecule has 1 aliphatic rings. The highest BCUT2D eigenvalue weighted by Gasteiger charge is 2.41. The van der Waals surface area contributed by atoms with E-state index in [2.05, 4.69) is 0 Å². The Bertz CT molecular complexity index is 155. The number of hydrogen-bond acceptors (Lipinski definition) is 6. The summed E-state index contributed by atoms with van der Waals surface area (Å²) >= 11 is 0. The van der Waals surface area contributed by atoms with Crippen LogP contribution in [0.3, 0.4) is 0 Å². The monoisotopic (exact) mass is 307 g/mol. The van der Waals surface area contributed by atoms with Gasteiger partial charge in [-0.1, -0.05) is 0 Å². The summed E-state index contributed by atoms with van der Waals surface area (Å²) in [6.45, 7) is -0.470. The molecule has 1 unspecified atom stereocenters. The Morgan fingerprint density at radius 1 is 1.15 bits per heavy atom. The molecule has 0 amide bonds. The van der Waals surface area contributed by atoms with Crippen LogP contribution in [0.1, 0.15) is 0 Å². The molecule has 6 nitrogen and oxygen atoms in total. The first-order valence-electron chi connectivity index (χ1n) is 3.64. The highest BCUT2D eigenvalue weighted by atomic mass is 127. The molecule has 1 aliphatic heterocycles. The number of halogens is 1. The van der Waals surface area contributed by atoms with Crippen molar-refractivity contribution in [3.63, 3.8) is 0 Å². The van der Waals surface area contributed by atoms with Crippen molar-refractivity contribution in [2.45, 2.75) is 30.6 Å². The van der Waals surface area contributed by atoms with E-state index >= 15 is 0 Å². The Hall–Kier alpha value is 0.490. The summed E-state index contributed by atoms with van der Waals surface area (Å²) in [4.78, 5) is 0. The number of nitrogens with two attached hydrogens (primary N) is 1. The number of aliphatic hydroxyl groups excluding tert-OH is 4. The van der Waals surface area contributed by atoms with E-state index in [9.17, 15) is 10.2 Å². The summed E-state index contributed by atoms with van der Waals surface area (Å²) in [5.41, 5.74) is 5.26. The van der Waals surface area contributed by atoms with Crippen molar-refractivity contribution in [3.8, 4) is 0 Å². The zero-order valence-corrected chi connectivity index (χ0v) is 9.11. The number of aliphatic hydroxyl groups is 4. The van der Waals surface area contributed by atoms with Gasteiger partial charge < -0.3 is 30.9 Å². The fraction of sp³-hybridized carbons (Fsp3) is 1.00. The SMILES string of the molecule is I.N[C@@H]1C(O)O[C@@H](CO)[C@@H](O)[C@H]1O. The number of hydrogen-bond donors (Lipinski definition) is 5. The maximum atomic E-state index is 9.20. The van der Waals surface area contributed by atoms with Gasteiger partial charge in [0.05, 0.1) is 12.6 Å². The number of ether oxygens (including phenoxy) is 1. The summed E-state index contributed by atoms with van der Waals surface area (Å²) in [5, 5.41) is 36.1. The highest BCUT2D eigenvalue weighted by molar-refractivity contribution is 14.0. The molecule has 0 aliphatic carbocycles. The molecule has 7 heteroatoms. The van der Waals surface area contributed by atoms with Crippen molar-refractivity contribution in [2.24, 2.45) is 5.73 Å². The highest BCUT2D eigenvalue weighted by Crippen LogP contribution is 2.17. The minimum Gasteiger partial charge on any atom is -0.394 e. The van der Waals surface area contributed by atoms with Crippen molar-refractivity contribution in [2.75, 3.05) is 6.61 Å². The predicted molar refractivity (Wildman–Crippen MR) is 53.4 cm³/mol. The van der Waals surface area contributed by atoms with Crippen molar-refractivity contribution in [3.05, 3.63) is 0 Å². The lowest BCUT2D eigenvalue weighted by Gasteiger charge is -2.38. The largest absolute Gasteiger partial charge is 0.394 e. The van der Waals surface area contributed by atoms with Crippen molar-refractivity contribution >= 4 is 24.0 Å². The van der Waals surface area contributed by atoms with Crippen molar-refractivity contribution in [1.29, 1.82) is 0 Å². The van der Waals surface area contributed by atoms with Crippen molar-refractivity contribution in [1.82, 2.24) is 0 Å². The second kappa shape index (κ2) is 5.39. The van der Waals surface area contributed by atoms with E-state index in [0.717, 1.165) is 0 Å². The summed E-state index contributed by atoms with van der Waals surface area (Å²) in [7, 11) is 0. The van der Waals surface area contributed by atoms with E-state index < -0.39 is 37.3 Å². The Labute approximate surface area is 92.3 Å². The lowest BCUT2D eigenvalue weighted by Crippen LogP contribution is -2.61. The standard InChI is InChI=1S/C6H13NO5.HI/c7-3-5(10)4(9)2(1-8)12-6(3)11;/h2-6,8-11H,1,7H2;1H/t2-,3-,4+,5-,6?;/m0./s1. The van der Waals surface area contributed by atoms with Gasteiger partial charge in [-0.15, -0.1) is 24.0 Å². The first-order chi connectivity index (χ1) is 5.57. The van der Waals surface area contributed by atoms with Crippen LogP contribution in [0.25, 0.3) is 0 Å². The predicted octanol–water partition coefficient (Wildman–Crippen LogP) is -2.64. The molecule has 6 N–H and O–H groups in total. The van der Waals surface area contributed by atoms with Gasteiger partial charge in [0.1, 0.15) is 18.3 Å². The van der Waals surface area contributed by atoms with E-state index in [-0.39, 0.29) is 24.0 Å². The third-order valence-corrected chi connectivity index (χ3v) is 1.95. The van der Waals surface area contributed by atoms with Gasteiger partial charge in [0.15, 0.2) is 6.29 Å². The minimum absolute atomic E-state index is 0. The molecule has 13 heavy (non-hydrogen) atoms. The Morgan fingerprint density at radius 3 is 2.15 bits per heavy atom. The molecule has 0 spiro atoms. The molecule has 0 saturated carbocycles. The molecule has 5 atom stereocenters. The lowest BCUT2D eigenvalue weighted by molar-refractivity contribution is -0.248. The average molecular weight is 307 g/mol. The summed E-state index contributed by atoms with van der Waals surface area (Å²) in [5.74, 6) is 0. The zero-order valence-electron chi connectivity index (χ0n) is 6.78. The van der Waals surface area contributed by atoms with Gasteiger partial charge in [-0.2, -0.15) is 0 Å². The Morgan fingerprint density at radius 2 is 1.69 bits per heavy atom. The van der Waals surface area contributed by atoms with Gasteiger partial charge in [0.25, 0.3) is 0 Å². The third-order valence-electron chi connectivity index (χ3n) is 1.95. The van der Waals surface area contributed by atoms with Gasteiger partial charge >= 0.3 is 0 Å². The fourth-order valence-electron chi connectivity index (χ4n) is 1.12. The molecule has 1 rings (SSSR count). The Kier molecular flexibility index (Phi) is 5.59. The van der Waals surface area contributed by atoms with Crippen molar-refractivity contribution < 1.29 is 25.2 Å². The first kappa shape index (κ1) is 13.5. The minimum atomic E-state index is -1.35. The van der Waals surface area contributed by atoms with Crippen LogP contribution in [0.5, 0.6) is 0 Å². The molecule has 0 aromatic rings. The van der Waals surface area contributed by atoms with Crippen LogP contribution in [-0.2, 0) is 4.74 Å².